The highest BCUT2D eigenvalue weighted by molar-refractivity contribution is 6.00. The molecule has 4 nitrogen and oxygen atoms in total. The third-order valence-corrected chi connectivity index (χ3v) is 3.79. The zero-order valence-electron chi connectivity index (χ0n) is 13.2. The summed E-state index contributed by atoms with van der Waals surface area (Å²) in [5.74, 6) is 0. The number of rotatable bonds is 4. The number of oxime groups is 1. The highest BCUT2D eigenvalue weighted by Gasteiger charge is 2.09. The van der Waals surface area contributed by atoms with Crippen LogP contribution in [0.2, 0.25) is 0 Å². The highest BCUT2D eigenvalue weighted by Crippen LogP contribution is 2.13. The lowest BCUT2D eigenvalue weighted by Gasteiger charge is -2.12. The Morgan fingerprint density at radius 2 is 1.78 bits per heavy atom. The fraction of sp³-hybridized carbons (Fsp3) is 0.158. The van der Waals surface area contributed by atoms with Crippen LogP contribution in [0.15, 0.2) is 70.6 Å². The lowest BCUT2D eigenvalue weighted by Crippen LogP contribution is -2.24. The van der Waals surface area contributed by atoms with Gasteiger partial charge in [0.1, 0.15) is 12.8 Å². The third kappa shape index (κ3) is 3.16. The zero-order chi connectivity index (χ0) is 16.2. The van der Waals surface area contributed by atoms with Crippen molar-refractivity contribution in [1.29, 1.82) is 0 Å². The van der Waals surface area contributed by atoms with Crippen LogP contribution in [0, 0.1) is 6.92 Å². The van der Waals surface area contributed by atoms with E-state index in [9.17, 15) is 4.79 Å². The van der Waals surface area contributed by atoms with Gasteiger partial charge in [0.2, 0.25) is 0 Å². The van der Waals surface area contributed by atoms with Crippen molar-refractivity contribution in [3.05, 3.63) is 82.1 Å². The van der Waals surface area contributed by atoms with Crippen LogP contribution in [0.3, 0.4) is 0 Å². The van der Waals surface area contributed by atoms with Crippen LogP contribution in [-0.4, -0.2) is 17.4 Å². The zero-order valence-corrected chi connectivity index (χ0v) is 13.2. The molecule has 2 aromatic carbocycles. The minimum atomic E-state index is -0.0559. The van der Waals surface area contributed by atoms with E-state index in [1.54, 1.807) is 10.6 Å². The molecular weight excluding hydrogens is 288 g/mol. The Morgan fingerprint density at radius 1 is 1.04 bits per heavy atom. The Kier molecular flexibility index (Phi) is 4.24. The molecular formula is C19H18N2O2. The fourth-order valence-corrected chi connectivity index (χ4v) is 2.59. The maximum absolute atomic E-state index is 12.3. The molecule has 1 aromatic heterocycles. The molecule has 0 radical (unpaired) electrons. The summed E-state index contributed by atoms with van der Waals surface area (Å²) in [6.07, 6.45) is 0. The van der Waals surface area contributed by atoms with E-state index < -0.39 is 0 Å². The predicted octanol–water partition coefficient (Wildman–Crippen LogP) is 3.36. The van der Waals surface area contributed by atoms with Crippen molar-refractivity contribution in [1.82, 2.24) is 4.57 Å². The van der Waals surface area contributed by atoms with E-state index >= 15 is 0 Å². The molecule has 23 heavy (non-hydrogen) atoms. The van der Waals surface area contributed by atoms with Crippen molar-refractivity contribution >= 4 is 16.6 Å². The number of aromatic nitrogens is 1. The average Bonchev–Trinajstić information content (AvgIpc) is 2.57. The summed E-state index contributed by atoms with van der Waals surface area (Å²) in [6, 6.07) is 19.3. The average molecular weight is 306 g/mol. The first-order valence-corrected chi connectivity index (χ1v) is 7.44. The van der Waals surface area contributed by atoms with E-state index in [1.165, 1.54) is 12.7 Å². The van der Waals surface area contributed by atoms with Gasteiger partial charge in [-0.1, -0.05) is 53.2 Å². The van der Waals surface area contributed by atoms with Gasteiger partial charge in [-0.2, -0.15) is 0 Å². The summed E-state index contributed by atoms with van der Waals surface area (Å²) >= 11 is 0. The number of benzene rings is 2. The van der Waals surface area contributed by atoms with Crippen molar-refractivity contribution < 1.29 is 4.84 Å². The maximum Gasteiger partial charge on any atom is 0.251 e. The van der Waals surface area contributed by atoms with Crippen LogP contribution >= 0.6 is 0 Å². The number of hydrogen-bond donors (Lipinski definition) is 0. The monoisotopic (exact) mass is 306 g/mol. The number of nitrogens with zero attached hydrogens (tertiary/aromatic N) is 2. The molecule has 4 heteroatoms. The van der Waals surface area contributed by atoms with Gasteiger partial charge in [-0.05, 0) is 24.4 Å². The molecule has 1 heterocycles. The molecule has 0 aliphatic carbocycles. The SMILES string of the molecule is CO/N=C(/Cn1c(=O)ccc2ccccc21)c1ccc(C)cc1. The third-order valence-electron chi connectivity index (χ3n) is 3.79. The van der Waals surface area contributed by atoms with Crippen molar-refractivity contribution in [2.45, 2.75) is 13.5 Å². The van der Waals surface area contributed by atoms with Gasteiger partial charge in [0.25, 0.3) is 5.56 Å². The molecule has 116 valence electrons. The summed E-state index contributed by atoms with van der Waals surface area (Å²) in [5.41, 5.74) is 3.66. The van der Waals surface area contributed by atoms with Crippen molar-refractivity contribution in [2.75, 3.05) is 7.11 Å². The Morgan fingerprint density at radius 3 is 2.52 bits per heavy atom. The van der Waals surface area contributed by atoms with Crippen LogP contribution in [0.1, 0.15) is 11.1 Å². The molecule has 0 amide bonds. The van der Waals surface area contributed by atoms with E-state index in [1.807, 2.05) is 61.5 Å². The van der Waals surface area contributed by atoms with Crippen LogP contribution in [0.25, 0.3) is 10.9 Å². The molecule has 0 spiro atoms. The van der Waals surface area contributed by atoms with Gasteiger partial charge in [-0.3, -0.25) is 4.79 Å². The highest BCUT2D eigenvalue weighted by atomic mass is 16.6. The number of pyridine rings is 1. The van der Waals surface area contributed by atoms with Gasteiger partial charge in [0, 0.05) is 11.6 Å². The number of para-hydroxylation sites is 1. The van der Waals surface area contributed by atoms with Gasteiger partial charge < -0.3 is 9.40 Å². The lowest BCUT2D eigenvalue weighted by molar-refractivity contribution is 0.212. The standard InChI is InChI=1S/C19H18N2O2/c1-14-7-9-15(10-8-14)17(20-23-2)13-21-18-6-4-3-5-16(18)11-12-19(21)22/h3-12H,13H2,1-2H3/b20-17-. The molecule has 0 fully saturated rings. The maximum atomic E-state index is 12.3. The summed E-state index contributed by atoms with van der Waals surface area (Å²) in [5, 5.41) is 5.15. The minimum absolute atomic E-state index is 0.0559. The smallest absolute Gasteiger partial charge is 0.251 e. The van der Waals surface area contributed by atoms with Gasteiger partial charge in [0.15, 0.2) is 0 Å². The molecule has 0 atom stereocenters. The summed E-state index contributed by atoms with van der Waals surface area (Å²) in [4.78, 5) is 17.3. The van der Waals surface area contributed by atoms with Crippen LogP contribution < -0.4 is 5.56 Å². The molecule has 0 bridgehead atoms. The van der Waals surface area contributed by atoms with Crippen LogP contribution in [0.5, 0.6) is 0 Å². The molecule has 0 saturated heterocycles. The molecule has 3 aromatic rings. The predicted molar refractivity (Wildman–Crippen MR) is 92.9 cm³/mol. The summed E-state index contributed by atoms with van der Waals surface area (Å²) in [6.45, 7) is 2.39. The van der Waals surface area contributed by atoms with E-state index in [0.29, 0.717) is 12.3 Å². The van der Waals surface area contributed by atoms with E-state index in [4.69, 9.17) is 4.84 Å². The minimum Gasteiger partial charge on any atom is -0.399 e. The molecule has 0 unspecified atom stereocenters. The summed E-state index contributed by atoms with van der Waals surface area (Å²) < 4.78 is 1.72. The van der Waals surface area contributed by atoms with Gasteiger partial charge >= 0.3 is 0 Å². The lowest BCUT2D eigenvalue weighted by atomic mass is 10.1. The Labute approximate surface area is 134 Å². The first kappa shape index (κ1) is 15.0. The topological polar surface area (TPSA) is 43.6 Å². The van der Waals surface area contributed by atoms with Crippen LogP contribution in [-0.2, 0) is 11.4 Å². The van der Waals surface area contributed by atoms with Gasteiger partial charge in [-0.15, -0.1) is 0 Å². The van der Waals surface area contributed by atoms with Gasteiger partial charge in [-0.25, -0.2) is 0 Å². The molecule has 0 aliphatic heterocycles. The Bertz CT molecular complexity index is 909. The van der Waals surface area contributed by atoms with Crippen molar-refractivity contribution in [3.8, 4) is 0 Å². The second-order valence-corrected chi connectivity index (χ2v) is 5.40. The largest absolute Gasteiger partial charge is 0.399 e. The Hall–Kier alpha value is -2.88. The van der Waals surface area contributed by atoms with E-state index in [2.05, 4.69) is 5.16 Å². The second kappa shape index (κ2) is 6.48. The summed E-state index contributed by atoms with van der Waals surface area (Å²) in [7, 11) is 1.51. The van der Waals surface area contributed by atoms with Gasteiger partial charge in [0.05, 0.1) is 12.1 Å². The molecule has 3 rings (SSSR count). The number of hydrogen-bond acceptors (Lipinski definition) is 3. The quantitative estimate of drug-likeness (QED) is 0.548. The number of fused-ring (bicyclic) bond motifs is 1. The normalized spacial score (nSPS) is 11.7. The molecule has 0 saturated carbocycles. The van der Waals surface area contributed by atoms with E-state index in [-0.39, 0.29) is 5.56 Å². The molecule has 0 N–H and O–H groups in total. The number of aryl methyl sites for hydroxylation is 1. The first-order chi connectivity index (χ1) is 11.2. The van der Waals surface area contributed by atoms with Crippen LogP contribution in [0.4, 0.5) is 0 Å². The first-order valence-electron chi connectivity index (χ1n) is 7.44. The molecule has 0 aliphatic rings. The van der Waals surface area contributed by atoms with E-state index in [0.717, 1.165) is 16.5 Å². The fourth-order valence-electron chi connectivity index (χ4n) is 2.59. The van der Waals surface area contributed by atoms with Crippen molar-refractivity contribution in [3.63, 3.8) is 0 Å². The second-order valence-electron chi connectivity index (χ2n) is 5.40. The van der Waals surface area contributed by atoms with Crippen molar-refractivity contribution in [2.24, 2.45) is 5.16 Å². The Balaban J connectivity index is 2.08.